The van der Waals surface area contributed by atoms with Gasteiger partial charge in [-0.15, -0.1) is 0 Å². The van der Waals surface area contributed by atoms with E-state index in [-0.39, 0.29) is 29.0 Å². The number of aromatic nitrogens is 3. The first-order valence-corrected chi connectivity index (χ1v) is 11.4. The van der Waals surface area contributed by atoms with Gasteiger partial charge in [-0.05, 0) is 44.6 Å². The van der Waals surface area contributed by atoms with Crippen molar-refractivity contribution in [2.45, 2.75) is 64.6 Å². The second kappa shape index (κ2) is 9.01. The molecule has 0 bridgehead atoms. The number of nitrogens with zero attached hydrogens (tertiary/aromatic N) is 3. The topological polar surface area (TPSA) is 127 Å². The van der Waals surface area contributed by atoms with Gasteiger partial charge in [0.1, 0.15) is 5.65 Å². The molecule has 1 saturated heterocycles. The Bertz CT molecular complexity index is 1150. The van der Waals surface area contributed by atoms with Crippen LogP contribution in [0.4, 0.5) is 0 Å². The standard InChI is InChI=1S/C23H31N5O5/c1-14(2)13-27-20-15(4-7-17(29)26-23(3)8-10-33-11-9-23)12-24-28(20)22(32)18(21(27)31)19(30)25-16-5-6-16/h4,7,12,14,16,32H,5-6,8-11,13H2,1-3H3,(H,25,30)(H,26,29). The Hall–Kier alpha value is -3.14. The number of carbonyl (C=O) groups excluding carboxylic acids is 2. The summed E-state index contributed by atoms with van der Waals surface area (Å²) >= 11 is 0. The molecule has 0 unspecified atom stereocenters. The van der Waals surface area contributed by atoms with Crippen molar-refractivity contribution in [1.29, 1.82) is 0 Å². The summed E-state index contributed by atoms with van der Waals surface area (Å²) in [6.07, 6.45) is 7.62. The van der Waals surface area contributed by atoms with Gasteiger partial charge >= 0.3 is 0 Å². The normalized spacial score (nSPS) is 18.2. The van der Waals surface area contributed by atoms with Crippen LogP contribution < -0.4 is 16.2 Å². The summed E-state index contributed by atoms with van der Waals surface area (Å²) in [6, 6.07) is 0.0396. The van der Waals surface area contributed by atoms with E-state index in [2.05, 4.69) is 15.7 Å². The zero-order valence-electron chi connectivity index (χ0n) is 19.3. The largest absolute Gasteiger partial charge is 0.492 e. The van der Waals surface area contributed by atoms with Gasteiger partial charge in [0.15, 0.2) is 5.56 Å². The third-order valence-electron chi connectivity index (χ3n) is 6.03. The molecule has 1 aliphatic carbocycles. The molecule has 3 heterocycles. The quantitative estimate of drug-likeness (QED) is 0.540. The van der Waals surface area contributed by atoms with E-state index in [1.54, 1.807) is 6.08 Å². The molecule has 178 valence electrons. The molecule has 2 fully saturated rings. The summed E-state index contributed by atoms with van der Waals surface area (Å²) in [5.74, 6) is -1.27. The lowest BCUT2D eigenvalue weighted by molar-refractivity contribution is -0.119. The molecule has 3 N–H and O–H groups in total. The monoisotopic (exact) mass is 457 g/mol. The summed E-state index contributed by atoms with van der Waals surface area (Å²) < 4.78 is 7.99. The van der Waals surface area contributed by atoms with E-state index in [0.717, 1.165) is 25.7 Å². The van der Waals surface area contributed by atoms with Crippen molar-refractivity contribution in [3.05, 3.63) is 33.8 Å². The van der Waals surface area contributed by atoms with Crippen LogP contribution in [0.2, 0.25) is 0 Å². The van der Waals surface area contributed by atoms with Crippen molar-refractivity contribution in [3.8, 4) is 5.88 Å². The maximum atomic E-state index is 13.3. The molecule has 4 rings (SSSR count). The molecule has 0 aromatic carbocycles. The average molecular weight is 458 g/mol. The Kier molecular flexibility index (Phi) is 6.29. The molecular weight excluding hydrogens is 426 g/mol. The number of ether oxygens (including phenoxy) is 1. The second-order valence-electron chi connectivity index (χ2n) is 9.59. The van der Waals surface area contributed by atoms with Gasteiger partial charge in [0.05, 0.1) is 6.20 Å². The fourth-order valence-electron chi connectivity index (χ4n) is 4.00. The van der Waals surface area contributed by atoms with Crippen molar-refractivity contribution >= 4 is 23.5 Å². The first-order valence-electron chi connectivity index (χ1n) is 11.4. The van der Waals surface area contributed by atoms with E-state index in [0.29, 0.717) is 31.0 Å². The molecule has 10 heteroatoms. The predicted molar refractivity (Wildman–Crippen MR) is 122 cm³/mol. The van der Waals surface area contributed by atoms with Gasteiger partial charge in [-0.3, -0.25) is 19.0 Å². The fraction of sp³-hybridized carbons (Fsp3) is 0.565. The highest BCUT2D eigenvalue weighted by Crippen LogP contribution is 2.24. The maximum absolute atomic E-state index is 13.3. The summed E-state index contributed by atoms with van der Waals surface area (Å²) in [4.78, 5) is 38.5. The number of fused-ring (bicyclic) bond motifs is 1. The summed E-state index contributed by atoms with van der Waals surface area (Å²) in [5, 5.41) is 20.7. The van der Waals surface area contributed by atoms with Crippen LogP contribution in [0.25, 0.3) is 11.7 Å². The molecule has 2 aromatic rings. The lowest BCUT2D eigenvalue weighted by Gasteiger charge is -2.34. The minimum atomic E-state index is -0.601. The number of amides is 2. The van der Waals surface area contributed by atoms with Crippen LogP contribution in [0.5, 0.6) is 5.88 Å². The zero-order valence-corrected chi connectivity index (χ0v) is 19.3. The van der Waals surface area contributed by atoms with Gasteiger partial charge in [0, 0.05) is 43.0 Å². The number of carbonyl (C=O) groups is 2. The molecule has 0 atom stereocenters. The maximum Gasteiger partial charge on any atom is 0.270 e. The highest BCUT2D eigenvalue weighted by atomic mass is 16.5. The molecule has 2 amide bonds. The number of aromatic hydroxyl groups is 1. The fourth-order valence-corrected chi connectivity index (χ4v) is 4.00. The zero-order chi connectivity index (χ0) is 23.8. The van der Waals surface area contributed by atoms with Gasteiger partial charge in [0.25, 0.3) is 11.5 Å². The Labute approximate surface area is 191 Å². The summed E-state index contributed by atoms with van der Waals surface area (Å²) in [6.45, 7) is 7.42. The lowest BCUT2D eigenvalue weighted by Crippen LogP contribution is -2.49. The van der Waals surface area contributed by atoms with Crippen molar-refractivity contribution in [2.75, 3.05) is 13.2 Å². The minimum Gasteiger partial charge on any atom is -0.492 e. The van der Waals surface area contributed by atoms with Gasteiger partial charge in [0.2, 0.25) is 11.8 Å². The Morgan fingerprint density at radius 1 is 1.33 bits per heavy atom. The van der Waals surface area contributed by atoms with Crippen molar-refractivity contribution < 1.29 is 19.4 Å². The predicted octanol–water partition coefficient (Wildman–Crippen LogP) is 1.45. The molecule has 1 aliphatic heterocycles. The van der Waals surface area contributed by atoms with Crippen LogP contribution in [0, 0.1) is 5.92 Å². The summed E-state index contributed by atoms with van der Waals surface area (Å²) in [7, 11) is 0. The lowest BCUT2D eigenvalue weighted by atomic mass is 9.92. The number of hydrogen-bond donors (Lipinski definition) is 3. The molecule has 10 nitrogen and oxygen atoms in total. The van der Waals surface area contributed by atoms with Crippen LogP contribution >= 0.6 is 0 Å². The first-order chi connectivity index (χ1) is 15.7. The third kappa shape index (κ3) is 4.95. The Morgan fingerprint density at radius 2 is 2.03 bits per heavy atom. The SMILES string of the molecule is CC(C)Cn1c(=O)c(C(=O)NC2CC2)c(O)n2ncc(C=CC(=O)NC3(C)CCOCC3)c12. The first kappa shape index (κ1) is 23.0. The van der Waals surface area contributed by atoms with E-state index in [1.807, 2.05) is 20.8 Å². The Balaban J connectivity index is 1.69. The number of hydrogen-bond acceptors (Lipinski definition) is 6. The van der Waals surface area contributed by atoms with Crippen molar-refractivity contribution in [3.63, 3.8) is 0 Å². The van der Waals surface area contributed by atoms with E-state index in [1.165, 1.54) is 21.4 Å². The van der Waals surface area contributed by atoms with Gasteiger partial charge in [-0.25, -0.2) is 0 Å². The molecule has 2 aromatic heterocycles. The molecule has 33 heavy (non-hydrogen) atoms. The van der Waals surface area contributed by atoms with Crippen molar-refractivity contribution in [1.82, 2.24) is 24.8 Å². The molecule has 2 aliphatic rings. The van der Waals surface area contributed by atoms with E-state index >= 15 is 0 Å². The highest BCUT2D eigenvalue weighted by molar-refractivity contribution is 5.97. The molecule has 0 radical (unpaired) electrons. The minimum absolute atomic E-state index is 0.0396. The van der Waals surface area contributed by atoms with Crippen LogP contribution in [0.1, 0.15) is 62.4 Å². The second-order valence-corrected chi connectivity index (χ2v) is 9.59. The van der Waals surface area contributed by atoms with Crippen LogP contribution in [0.3, 0.4) is 0 Å². The van der Waals surface area contributed by atoms with E-state index in [4.69, 9.17) is 4.74 Å². The van der Waals surface area contributed by atoms with E-state index in [9.17, 15) is 19.5 Å². The molecule has 1 saturated carbocycles. The van der Waals surface area contributed by atoms with Crippen LogP contribution in [-0.4, -0.2) is 55.9 Å². The summed E-state index contributed by atoms with van der Waals surface area (Å²) in [5.41, 5.74) is -0.414. The number of rotatable bonds is 7. The van der Waals surface area contributed by atoms with Crippen molar-refractivity contribution in [2.24, 2.45) is 5.92 Å². The van der Waals surface area contributed by atoms with Gasteiger partial charge < -0.3 is 20.5 Å². The highest BCUT2D eigenvalue weighted by Gasteiger charge is 2.30. The van der Waals surface area contributed by atoms with E-state index < -0.39 is 17.3 Å². The Morgan fingerprint density at radius 3 is 2.67 bits per heavy atom. The van der Waals surface area contributed by atoms with Gasteiger partial charge in [-0.1, -0.05) is 13.8 Å². The number of nitrogens with one attached hydrogen (secondary N) is 2. The average Bonchev–Trinajstić information content (AvgIpc) is 3.45. The molecular formula is C23H31N5O5. The molecule has 0 spiro atoms. The third-order valence-corrected chi connectivity index (χ3v) is 6.03. The smallest absolute Gasteiger partial charge is 0.270 e. The van der Waals surface area contributed by atoms with Crippen LogP contribution in [0.15, 0.2) is 17.1 Å². The van der Waals surface area contributed by atoms with Gasteiger partial charge in [-0.2, -0.15) is 9.61 Å². The van der Waals surface area contributed by atoms with Crippen LogP contribution in [-0.2, 0) is 16.1 Å².